The standard InChI is InChI=1S/C58H38N4/c1-5-17-39(18-6-1)44-31-34-46(40-19-7-2-8-20-40)55(37-44)62-53-28-16-14-26-49(53)56-54(62)36-35-48-47-25-13-15-27-52(47)61(57(48)56)45-32-29-42(30-33-45)51-38-50(41-21-9-3-10-22-41)59-58(60-51)43-23-11-4-12-24-43/h1-38H. The van der Waals surface area contributed by atoms with Crippen molar-refractivity contribution in [2.24, 2.45) is 0 Å². The summed E-state index contributed by atoms with van der Waals surface area (Å²) in [6.45, 7) is 0. The lowest BCUT2D eigenvalue weighted by atomic mass is 9.98. The summed E-state index contributed by atoms with van der Waals surface area (Å²) in [4.78, 5) is 10.2. The van der Waals surface area contributed by atoms with E-state index >= 15 is 0 Å². The average Bonchev–Trinajstić information content (AvgIpc) is 3.88. The summed E-state index contributed by atoms with van der Waals surface area (Å²) in [5, 5.41) is 4.87. The Morgan fingerprint density at radius 1 is 0.306 bits per heavy atom. The summed E-state index contributed by atoms with van der Waals surface area (Å²) >= 11 is 0. The first-order chi connectivity index (χ1) is 30.8. The number of benzene rings is 9. The van der Waals surface area contributed by atoms with Crippen molar-refractivity contribution in [1.82, 2.24) is 19.1 Å². The van der Waals surface area contributed by atoms with Gasteiger partial charge in [0, 0.05) is 49.5 Å². The molecule has 0 saturated carbocycles. The van der Waals surface area contributed by atoms with E-state index < -0.39 is 0 Å². The number of nitrogens with zero attached hydrogens (tertiary/aromatic N) is 4. The van der Waals surface area contributed by atoms with E-state index in [0.29, 0.717) is 5.82 Å². The van der Waals surface area contributed by atoms with Crippen molar-refractivity contribution in [3.05, 3.63) is 231 Å². The molecule has 0 saturated heterocycles. The van der Waals surface area contributed by atoms with Gasteiger partial charge in [-0.05, 0) is 59.2 Å². The predicted octanol–water partition coefficient (Wildman–Crippen LogP) is 15.0. The van der Waals surface area contributed by atoms with Crippen LogP contribution in [0.1, 0.15) is 0 Å². The second-order valence-electron chi connectivity index (χ2n) is 15.8. The molecule has 0 atom stereocenters. The molecule has 0 fully saturated rings. The Morgan fingerprint density at radius 2 is 0.823 bits per heavy atom. The molecule has 0 bridgehead atoms. The van der Waals surface area contributed by atoms with Crippen LogP contribution in [0, 0.1) is 0 Å². The third-order valence-corrected chi connectivity index (χ3v) is 12.1. The molecule has 12 aromatic rings. The fourth-order valence-electron chi connectivity index (χ4n) is 9.27. The molecule has 0 aliphatic carbocycles. The van der Waals surface area contributed by atoms with E-state index in [4.69, 9.17) is 9.97 Å². The van der Waals surface area contributed by atoms with Gasteiger partial charge < -0.3 is 9.13 Å². The van der Waals surface area contributed by atoms with E-state index in [1.807, 2.05) is 24.3 Å². The van der Waals surface area contributed by atoms with Gasteiger partial charge in [-0.2, -0.15) is 0 Å². The van der Waals surface area contributed by atoms with Gasteiger partial charge in [-0.3, -0.25) is 0 Å². The zero-order valence-corrected chi connectivity index (χ0v) is 33.7. The van der Waals surface area contributed by atoms with Crippen LogP contribution in [0.4, 0.5) is 0 Å². The van der Waals surface area contributed by atoms with Crippen molar-refractivity contribution in [1.29, 1.82) is 0 Å². The average molecular weight is 791 g/mol. The van der Waals surface area contributed by atoms with Crippen LogP contribution in [0.15, 0.2) is 231 Å². The van der Waals surface area contributed by atoms with Gasteiger partial charge in [-0.15, -0.1) is 0 Å². The first-order valence-corrected chi connectivity index (χ1v) is 21.1. The van der Waals surface area contributed by atoms with E-state index in [1.54, 1.807) is 0 Å². The topological polar surface area (TPSA) is 35.6 Å². The van der Waals surface area contributed by atoms with Gasteiger partial charge in [0.15, 0.2) is 5.82 Å². The van der Waals surface area contributed by atoms with Gasteiger partial charge in [0.25, 0.3) is 0 Å². The SMILES string of the molecule is c1ccc(-c2ccc(-c3ccccc3)c(-n3c4ccccc4c4c3ccc3c5ccccc5n(-c5ccc(-c6cc(-c7ccccc7)nc(-c7ccccc7)n6)cc5)c34)c2)cc1. The molecular formula is C58H38N4. The van der Waals surface area contributed by atoms with Crippen molar-refractivity contribution in [2.75, 3.05) is 0 Å². The summed E-state index contributed by atoms with van der Waals surface area (Å²) in [5.74, 6) is 0.705. The lowest BCUT2D eigenvalue weighted by Gasteiger charge is -2.16. The highest BCUT2D eigenvalue weighted by molar-refractivity contribution is 6.26. The first kappa shape index (κ1) is 35.6. The van der Waals surface area contributed by atoms with Crippen LogP contribution in [-0.4, -0.2) is 19.1 Å². The van der Waals surface area contributed by atoms with Crippen LogP contribution >= 0.6 is 0 Å². The summed E-state index contributed by atoms with van der Waals surface area (Å²) in [6.07, 6.45) is 0. The van der Waals surface area contributed by atoms with Crippen LogP contribution in [0.2, 0.25) is 0 Å². The normalized spacial score (nSPS) is 11.5. The zero-order chi connectivity index (χ0) is 41.0. The fraction of sp³-hybridized carbons (Fsp3) is 0. The summed E-state index contributed by atoms with van der Waals surface area (Å²) in [6, 6.07) is 82.2. The van der Waals surface area contributed by atoms with Gasteiger partial charge in [0.2, 0.25) is 0 Å². The quantitative estimate of drug-likeness (QED) is 0.161. The molecule has 290 valence electrons. The zero-order valence-electron chi connectivity index (χ0n) is 33.7. The van der Waals surface area contributed by atoms with Crippen molar-refractivity contribution < 1.29 is 0 Å². The Kier molecular flexibility index (Phi) is 8.46. The van der Waals surface area contributed by atoms with E-state index in [1.165, 1.54) is 49.3 Å². The van der Waals surface area contributed by atoms with E-state index in [-0.39, 0.29) is 0 Å². The molecule has 0 amide bonds. The number of para-hydroxylation sites is 2. The van der Waals surface area contributed by atoms with Gasteiger partial charge in [0.05, 0.1) is 39.1 Å². The smallest absolute Gasteiger partial charge is 0.160 e. The molecule has 4 nitrogen and oxygen atoms in total. The van der Waals surface area contributed by atoms with Crippen LogP contribution in [0.3, 0.4) is 0 Å². The lowest BCUT2D eigenvalue weighted by molar-refractivity contribution is 1.17. The molecule has 4 heteroatoms. The third-order valence-electron chi connectivity index (χ3n) is 12.1. The van der Waals surface area contributed by atoms with Crippen molar-refractivity contribution in [3.8, 4) is 67.5 Å². The number of hydrogen-bond acceptors (Lipinski definition) is 2. The molecule has 3 heterocycles. The molecule has 12 rings (SSSR count). The molecule has 0 radical (unpaired) electrons. The summed E-state index contributed by atoms with van der Waals surface area (Å²) in [7, 11) is 0. The molecule has 0 unspecified atom stereocenters. The van der Waals surface area contributed by atoms with Crippen molar-refractivity contribution >= 4 is 43.6 Å². The summed E-state index contributed by atoms with van der Waals surface area (Å²) in [5.41, 5.74) is 16.5. The number of hydrogen-bond donors (Lipinski definition) is 0. The Balaban J connectivity index is 1.09. The lowest BCUT2D eigenvalue weighted by Crippen LogP contribution is -1.99. The molecule has 0 N–H and O–H groups in total. The van der Waals surface area contributed by atoms with Gasteiger partial charge in [-0.25, -0.2) is 9.97 Å². The maximum atomic E-state index is 5.13. The third kappa shape index (κ3) is 5.92. The van der Waals surface area contributed by atoms with Crippen molar-refractivity contribution in [3.63, 3.8) is 0 Å². The second-order valence-corrected chi connectivity index (χ2v) is 15.8. The first-order valence-electron chi connectivity index (χ1n) is 21.1. The minimum Gasteiger partial charge on any atom is -0.309 e. The Bertz CT molecular complexity index is 3530. The largest absolute Gasteiger partial charge is 0.309 e. The Hall–Kier alpha value is -8.34. The van der Waals surface area contributed by atoms with Crippen LogP contribution in [0.5, 0.6) is 0 Å². The maximum Gasteiger partial charge on any atom is 0.160 e. The predicted molar refractivity (Wildman–Crippen MR) is 258 cm³/mol. The van der Waals surface area contributed by atoms with Gasteiger partial charge >= 0.3 is 0 Å². The van der Waals surface area contributed by atoms with Crippen LogP contribution in [-0.2, 0) is 0 Å². The van der Waals surface area contributed by atoms with Crippen LogP contribution < -0.4 is 0 Å². The maximum absolute atomic E-state index is 5.13. The minimum absolute atomic E-state index is 0.705. The fourth-order valence-corrected chi connectivity index (χ4v) is 9.27. The van der Waals surface area contributed by atoms with Crippen LogP contribution in [0.25, 0.3) is 111 Å². The van der Waals surface area contributed by atoms with E-state index in [9.17, 15) is 0 Å². The van der Waals surface area contributed by atoms with E-state index in [2.05, 4.69) is 215 Å². The monoisotopic (exact) mass is 790 g/mol. The van der Waals surface area contributed by atoms with Gasteiger partial charge in [-0.1, -0.05) is 188 Å². The minimum atomic E-state index is 0.705. The van der Waals surface area contributed by atoms with E-state index in [0.717, 1.165) is 56.0 Å². The summed E-state index contributed by atoms with van der Waals surface area (Å²) < 4.78 is 4.94. The molecule has 0 spiro atoms. The number of aromatic nitrogens is 4. The number of fused-ring (bicyclic) bond motifs is 7. The molecule has 9 aromatic carbocycles. The molecular weight excluding hydrogens is 753 g/mol. The van der Waals surface area contributed by atoms with Gasteiger partial charge in [0.1, 0.15) is 0 Å². The highest BCUT2D eigenvalue weighted by Gasteiger charge is 2.23. The molecule has 0 aliphatic rings. The number of rotatable bonds is 7. The highest BCUT2D eigenvalue weighted by Crippen LogP contribution is 2.44. The Labute approximate surface area is 359 Å². The van der Waals surface area contributed by atoms with Crippen molar-refractivity contribution in [2.45, 2.75) is 0 Å². The molecule has 0 aliphatic heterocycles. The highest BCUT2D eigenvalue weighted by atomic mass is 15.0. The Morgan fingerprint density at radius 3 is 1.48 bits per heavy atom. The second kappa shape index (κ2) is 14.7. The molecule has 3 aromatic heterocycles. The molecule has 62 heavy (non-hydrogen) atoms.